The van der Waals surface area contributed by atoms with Gasteiger partial charge in [0.05, 0.1) is 6.61 Å². The van der Waals surface area contributed by atoms with Gasteiger partial charge in [-0.25, -0.2) is 9.78 Å². The number of rotatable bonds is 7. The Balaban J connectivity index is 3.57. The lowest BCUT2D eigenvalue weighted by atomic mass is 10.0. The first kappa shape index (κ1) is 12.9. The van der Waals surface area contributed by atoms with Crippen molar-refractivity contribution in [1.82, 2.24) is 5.32 Å². The molecule has 3 heteroatoms. The Labute approximate surface area is 81.7 Å². The molecule has 0 saturated carbocycles. The molecule has 0 fully saturated rings. The molecule has 0 aromatic heterocycles. The molecule has 3 atom stereocenters. The average Bonchev–Trinajstić information content (AvgIpc) is 2.13. The van der Waals surface area contributed by atoms with Gasteiger partial charge in [-0.15, -0.1) is 0 Å². The highest BCUT2D eigenvalue weighted by molar-refractivity contribution is 4.67. The lowest BCUT2D eigenvalue weighted by Crippen LogP contribution is -2.39. The molecule has 1 N–H and O–H groups in total. The van der Waals surface area contributed by atoms with E-state index in [4.69, 9.17) is 9.78 Å². The lowest BCUT2D eigenvalue weighted by Gasteiger charge is -2.23. The zero-order chi connectivity index (χ0) is 10.3. The van der Waals surface area contributed by atoms with E-state index in [2.05, 4.69) is 26.1 Å². The molecular formula is C10H23NO2. The zero-order valence-corrected chi connectivity index (χ0v) is 9.46. The fourth-order valence-corrected chi connectivity index (χ4v) is 1.09. The Kier molecular flexibility index (Phi) is 7.23. The predicted octanol–water partition coefficient (Wildman–Crippen LogP) is 2.32. The van der Waals surface area contributed by atoms with E-state index < -0.39 is 0 Å². The molecule has 0 aliphatic rings. The third-order valence-corrected chi connectivity index (χ3v) is 2.33. The van der Waals surface area contributed by atoms with Crippen LogP contribution in [0.15, 0.2) is 0 Å². The van der Waals surface area contributed by atoms with Crippen LogP contribution in [0.5, 0.6) is 0 Å². The van der Waals surface area contributed by atoms with E-state index in [9.17, 15) is 0 Å². The molecule has 0 saturated heterocycles. The monoisotopic (exact) mass is 189 g/mol. The molecule has 0 aromatic carbocycles. The summed E-state index contributed by atoms with van der Waals surface area (Å²) in [6, 6.07) is 0.459. The van der Waals surface area contributed by atoms with Crippen LogP contribution in [-0.4, -0.2) is 18.9 Å². The minimum Gasteiger partial charge on any atom is -0.287 e. The summed E-state index contributed by atoms with van der Waals surface area (Å²) >= 11 is 0. The van der Waals surface area contributed by atoms with Crippen molar-refractivity contribution in [3.8, 4) is 0 Å². The summed E-state index contributed by atoms with van der Waals surface area (Å²) in [7, 11) is 0. The summed E-state index contributed by atoms with van der Waals surface area (Å²) in [5, 5.41) is 3.32. The van der Waals surface area contributed by atoms with Crippen molar-refractivity contribution in [1.29, 1.82) is 0 Å². The molecule has 3 nitrogen and oxygen atoms in total. The molecule has 0 heterocycles. The highest BCUT2D eigenvalue weighted by atomic mass is 17.2. The van der Waals surface area contributed by atoms with Crippen molar-refractivity contribution in [2.75, 3.05) is 6.61 Å². The van der Waals surface area contributed by atoms with E-state index in [0.717, 1.165) is 0 Å². The van der Waals surface area contributed by atoms with Crippen molar-refractivity contribution in [2.45, 2.75) is 53.3 Å². The summed E-state index contributed by atoms with van der Waals surface area (Å²) in [6.07, 6.45) is 1.14. The maximum atomic E-state index is 5.05. The summed E-state index contributed by atoms with van der Waals surface area (Å²) in [5.41, 5.74) is 0. The van der Waals surface area contributed by atoms with E-state index in [1.54, 1.807) is 0 Å². The molecule has 0 aromatic rings. The summed E-state index contributed by atoms with van der Waals surface area (Å²) in [4.78, 5) is 9.89. The van der Waals surface area contributed by atoms with Gasteiger partial charge in [0, 0.05) is 6.04 Å². The van der Waals surface area contributed by atoms with E-state index in [-0.39, 0.29) is 6.23 Å². The van der Waals surface area contributed by atoms with Crippen LogP contribution in [0, 0.1) is 5.92 Å². The van der Waals surface area contributed by atoms with Crippen LogP contribution < -0.4 is 5.32 Å². The quantitative estimate of drug-likeness (QED) is 0.379. The Morgan fingerprint density at radius 3 is 2.23 bits per heavy atom. The van der Waals surface area contributed by atoms with Gasteiger partial charge in [0.1, 0.15) is 6.23 Å². The third-order valence-electron chi connectivity index (χ3n) is 2.33. The van der Waals surface area contributed by atoms with E-state index >= 15 is 0 Å². The van der Waals surface area contributed by atoms with Crippen LogP contribution in [0.25, 0.3) is 0 Å². The molecular weight excluding hydrogens is 166 g/mol. The Morgan fingerprint density at radius 1 is 1.15 bits per heavy atom. The van der Waals surface area contributed by atoms with Gasteiger partial charge in [-0.2, -0.15) is 0 Å². The summed E-state index contributed by atoms with van der Waals surface area (Å²) < 4.78 is 0. The minimum absolute atomic E-state index is 0.0380. The molecule has 0 radical (unpaired) electrons. The first-order chi connectivity index (χ1) is 6.11. The predicted molar refractivity (Wildman–Crippen MR) is 54.2 cm³/mol. The van der Waals surface area contributed by atoms with Crippen LogP contribution >= 0.6 is 0 Å². The van der Waals surface area contributed by atoms with Gasteiger partial charge in [0.2, 0.25) is 0 Å². The molecule has 0 bridgehead atoms. The third kappa shape index (κ3) is 6.02. The van der Waals surface area contributed by atoms with E-state index in [1.807, 2.05) is 13.8 Å². The van der Waals surface area contributed by atoms with Gasteiger partial charge < -0.3 is 0 Å². The minimum atomic E-state index is -0.0380. The Morgan fingerprint density at radius 2 is 1.77 bits per heavy atom. The Hall–Kier alpha value is -0.120. The van der Waals surface area contributed by atoms with Gasteiger partial charge in [-0.1, -0.05) is 20.3 Å². The largest absolute Gasteiger partial charge is 0.287 e. The smallest absolute Gasteiger partial charge is 0.141 e. The SMILES string of the molecule is CCOOC(C)NC(C)C(C)CC. The molecule has 0 aliphatic carbocycles. The molecule has 80 valence electrons. The van der Waals surface area contributed by atoms with Crippen LogP contribution in [0.2, 0.25) is 0 Å². The number of nitrogens with one attached hydrogen (secondary N) is 1. The normalized spacial score (nSPS) is 18.2. The molecule has 0 spiro atoms. The van der Waals surface area contributed by atoms with Crippen LogP contribution in [0.4, 0.5) is 0 Å². The van der Waals surface area contributed by atoms with Gasteiger partial charge in [-0.05, 0) is 26.7 Å². The van der Waals surface area contributed by atoms with Crippen molar-refractivity contribution >= 4 is 0 Å². The highest BCUT2D eigenvalue weighted by Crippen LogP contribution is 2.07. The van der Waals surface area contributed by atoms with E-state index in [1.165, 1.54) is 6.42 Å². The molecule has 0 rings (SSSR count). The number of hydrogen-bond acceptors (Lipinski definition) is 3. The van der Waals surface area contributed by atoms with Crippen LogP contribution in [0.1, 0.15) is 41.0 Å². The van der Waals surface area contributed by atoms with Crippen molar-refractivity contribution in [3.05, 3.63) is 0 Å². The number of hydrogen-bond donors (Lipinski definition) is 1. The van der Waals surface area contributed by atoms with Crippen molar-refractivity contribution in [3.63, 3.8) is 0 Å². The molecule has 3 unspecified atom stereocenters. The van der Waals surface area contributed by atoms with E-state index in [0.29, 0.717) is 18.6 Å². The van der Waals surface area contributed by atoms with Crippen LogP contribution in [-0.2, 0) is 9.78 Å². The standard InChI is InChI=1S/C10H23NO2/c1-6-8(3)9(4)11-10(5)13-12-7-2/h8-11H,6-7H2,1-5H3. The second-order valence-corrected chi connectivity index (χ2v) is 3.49. The maximum Gasteiger partial charge on any atom is 0.141 e. The van der Waals surface area contributed by atoms with Gasteiger partial charge >= 0.3 is 0 Å². The maximum absolute atomic E-state index is 5.05. The molecule has 13 heavy (non-hydrogen) atoms. The van der Waals surface area contributed by atoms with Crippen LogP contribution in [0.3, 0.4) is 0 Å². The highest BCUT2D eigenvalue weighted by Gasteiger charge is 2.13. The first-order valence-electron chi connectivity index (χ1n) is 5.16. The summed E-state index contributed by atoms with van der Waals surface area (Å²) in [5.74, 6) is 0.660. The second-order valence-electron chi connectivity index (χ2n) is 3.49. The second kappa shape index (κ2) is 7.30. The van der Waals surface area contributed by atoms with Gasteiger partial charge in [0.25, 0.3) is 0 Å². The van der Waals surface area contributed by atoms with Gasteiger partial charge in [-0.3, -0.25) is 5.32 Å². The fraction of sp³-hybridized carbons (Fsp3) is 1.00. The zero-order valence-electron chi connectivity index (χ0n) is 9.46. The topological polar surface area (TPSA) is 30.5 Å². The first-order valence-corrected chi connectivity index (χ1v) is 5.16. The summed E-state index contributed by atoms with van der Waals surface area (Å²) in [6.45, 7) is 11.0. The molecule has 0 amide bonds. The lowest BCUT2D eigenvalue weighted by molar-refractivity contribution is -0.325. The molecule has 0 aliphatic heterocycles. The van der Waals surface area contributed by atoms with Gasteiger partial charge in [0.15, 0.2) is 0 Å². The Bertz CT molecular complexity index is 119. The average molecular weight is 189 g/mol. The van der Waals surface area contributed by atoms with Crippen molar-refractivity contribution in [2.24, 2.45) is 5.92 Å². The fourth-order valence-electron chi connectivity index (χ4n) is 1.09. The van der Waals surface area contributed by atoms with Crippen molar-refractivity contribution < 1.29 is 9.78 Å².